The van der Waals surface area contributed by atoms with E-state index in [1.165, 1.54) is 23.9 Å². The molecule has 10 heteroatoms. The van der Waals surface area contributed by atoms with Gasteiger partial charge in [0.1, 0.15) is 11.8 Å². The topological polar surface area (TPSA) is 126 Å². The van der Waals surface area contributed by atoms with Gasteiger partial charge >= 0.3 is 6.03 Å². The second-order valence-corrected chi connectivity index (χ2v) is 7.86. The van der Waals surface area contributed by atoms with Crippen LogP contribution in [0.25, 0.3) is 11.1 Å². The van der Waals surface area contributed by atoms with E-state index >= 15 is 0 Å². The quantitative estimate of drug-likeness (QED) is 0.586. The van der Waals surface area contributed by atoms with Crippen molar-refractivity contribution in [1.82, 2.24) is 4.57 Å². The van der Waals surface area contributed by atoms with E-state index < -0.39 is 23.5 Å². The molecule has 1 N–H and O–H groups in total. The number of aromatic nitrogens is 1. The number of ether oxygens (including phenoxy) is 1. The molecular weight excluding hydrogens is 458 g/mol. The molecule has 34 heavy (non-hydrogen) atoms. The van der Waals surface area contributed by atoms with E-state index in [-0.39, 0.29) is 0 Å². The minimum Gasteiger partial charge on any atom is -0.495 e. The number of nitriles is 1. The molecule has 170 valence electrons. The van der Waals surface area contributed by atoms with Gasteiger partial charge in [-0.25, -0.2) is 4.79 Å². The number of urea groups is 1. The molecule has 9 nitrogen and oxygen atoms in total. The maximum absolute atomic E-state index is 13.1. The predicted molar refractivity (Wildman–Crippen MR) is 125 cm³/mol. The fourth-order valence-electron chi connectivity index (χ4n) is 3.73. The van der Waals surface area contributed by atoms with Gasteiger partial charge in [-0.15, -0.1) is 0 Å². The zero-order valence-corrected chi connectivity index (χ0v) is 19.0. The van der Waals surface area contributed by atoms with Crippen LogP contribution in [0, 0.1) is 11.3 Å². The highest BCUT2D eigenvalue weighted by atomic mass is 35.5. The normalized spacial score (nSPS) is 12.7. The molecule has 2 heterocycles. The molecule has 3 amide bonds. The number of pyridine rings is 1. The summed E-state index contributed by atoms with van der Waals surface area (Å²) in [6.07, 6.45) is 1.76. The number of carbonyl (C=O) groups excluding carboxylic acids is 2. The number of nitrogens with zero attached hydrogens (tertiary/aromatic N) is 4. The Morgan fingerprint density at radius 3 is 2.62 bits per heavy atom. The van der Waals surface area contributed by atoms with Crippen molar-refractivity contribution in [3.8, 4) is 22.9 Å². The molecular formula is C24H18ClN5O4. The lowest BCUT2D eigenvalue weighted by Gasteiger charge is -2.20. The summed E-state index contributed by atoms with van der Waals surface area (Å²) in [7, 11) is 1.44. The van der Waals surface area contributed by atoms with Gasteiger partial charge in [-0.1, -0.05) is 18.5 Å². The maximum Gasteiger partial charge on any atom is 0.368 e. The number of halogens is 1. The molecule has 4 rings (SSSR count). The minimum absolute atomic E-state index is 0.307. The summed E-state index contributed by atoms with van der Waals surface area (Å²) in [5.41, 5.74) is 1.15. The van der Waals surface area contributed by atoms with Gasteiger partial charge in [-0.3, -0.25) is 14.2 Å². The van der Waals surface area contributed by atoms with Gasteiger partial charge < -0.3 is 10.1 Å². The summed E-state index contributed by atoms with van der Waals surface area (Å²) >= 11 is 6.11. The number of amides is 3. The summed E-state index contributed by atoms with van der Waals surface area (Å²) < 4.78 is 6.77. The van der Waals surface area contributed by atoms with Crippen LogP contribution in [0.2, 0.25) is 5.02 Å². The summed E-state index contributed by atoms with van der Waals surface area (Å²) in [5.74, 6) is -0.123. The van der Waals surface area contributed by atoms with Crippen LogP contribution >= 0.6 is 11.6 Å². The van der Waals surface area contributed by atoms with Gasteiger partial charge in [0, 0.05) is 27.9 Å². The fourth-order valence-corrected chi connectivity index (χ4v) is 3.90. The number of carbonyl (C=O) groups is 2. The standard InChI is InChI=1S/C24H18ClN5O4/c1-3-20(23(32)27-15-6-7-18-19(9-15)29-24(33)28-18)30-12-21(34-2)17(10-22(30)31)16-8-14(25)5-4-13(16)11-26/h4-10,12,20H,3H2,1-2H3,(H,27,32). The predicted octanol–water partition coefficient (Wildman–Crippen LogP) is 3.01. The van der Waals surface area contributed by atoms with E-state index in [1.807, 2.05) is 0 Å². The maximum atomic E-state index is 13.1. The van der Waals surface area contributed by atoms with Crippen LogP contribution in [0.15, 0.2) is 63.4 Å². The van der Waals surface area contributed by atoms with Gasteiger partial charge in [0.2, 0.25) is 5.91 Å². The van der Waals surface area contributed by atoms with Crippen molar-refractivity contribution in [2.75, 3.05) is 12.4 Å². The van der Waals surface area contributed by atoms with E-state index in [9.17, 15) is 19.6 Å². The lowest BCUT2D eigenvalue weighted by Crippen LogP contribution is -2.33. The van der Waals surface area contributed by atoms with Crippen molar-refractivity contribution < 1.29 is 14.3 Å². The number of hydrogen-bond acceptors (Lipinski definition) is 5. The highest BCUT2D eigenvalue weighted by Crippen LogP contribution is 2.33. The Labute approximate surface area is 198 Å². The molecule has 1 aliphatic rings. The van der Waals surface area contributed by atoms with E-state index in [0.29, 0.717) is 50.3 Å². The lowest BCUT2D eigenvalue weighted by molar-refractivity contribution is -0.119. The first kappa shape index (κ1) is 22.9. The molecule has 1 aromatic heterocycles. The van der Waals surface area contributed by atoms with Crippen LogP contribution < -0.4 is 26.3 Å². The number of rotatable bonds is 6. The Bertz CT molecular complexity index is 1550. The minimum atomic E-state index is -0.846. The van der Waals surface area contributed by atoms with E-state index in [4.69, 9.17) is 16.3 Å². The Morgan fingerprint density at radius 1 is 1.15 bits per heavy atom. The molecule has 0 spiro atoms. The molecule has 2 aromatic carbocycles. The monoisotopic (exact) mass is 475 g/mol. The molecule has 3 aromatic rings. The third-order valence-corrected chi connectivity index (χ3v) is 5.59. The highest BCUT2D eigenvalue weighted by molar-refractivity contribution is 6.31. The summed E-state index contributed by atoms with van der Waals surface area (Å²) in [4.78, 5) is 45.0. The Morgan fingerprint density at radius 2 is 1.91 bits per heavy atom. The van der Waals surface area contributed by atoms with Crippen LogP contribution in [0.4, 0.5) is 10.5 Å². The van der Waals surface area contributed by atoms with Crippen molar-refractivity contribution >= 4 is 29.2 Å². The third kappa shape index (κ3) is 4.31. The molecule has 0 aliphatic carbocycles. The van der Waals surface area contributed by atoms with Crippen LogP contribution in [0.5, 0.6) is 5.75 Å². The summed E-state index contributed by atoms with van der Waals surface area (Å²) in [5, 5.41) is 13.4. The zero-order valence-electron chi connectivity index (χ0n) is 18.2. The fraction of sp³-hybridized carbons (Fsp3) is 0.167. The van der Waals surface area contributed by atoms with E-state index in [0.717, 1.165) is 0 Å². The Kier molecular flexibility index (Phi) is 6.25. The second kappa shape index (κ2) is 9.29. The molecule has 0 saturated heterocycles. The lowest BCUT2D eigenvalue weighted by atomic mass is 10.00. The second-order valence-electron chi connectivity index (χ2n) is 7.43. The largest absolute Gasteiger partial charge is 0.495 e. The molecule has 1 unspecified atom stereocenters. The SMILES string of the molecule is CCC(C(=O)Nc1ccc2c(c1)=NC(=O)N=2)n1cc(OC)c(-c2cc(Cl)ccc2C#N)cc1=O. The molecule has 1 atom stereocenters. The Balaban J connectivity index is 1.71. The van der Waals surface area contributed by atoms with Gasteiger partial charge in [0.25, 0.3) is 5.56 Å². The van der Waals surface area contributed by atoms with Gasteiger partial charge in [0.05, 0.1) is 35.7 Å². The molecule has 0 bridgehead atoms. The number of benzene rings is 2. The van der Waals surface area contributed by atoms with E-state index in [2.05, 4.69) is 21.4 Å². The number of nitrogens with one attached hydrogen (secondary N) is 1. The number of anilines is 1. The average molecular weight is 476 g/mol. The highest BCUT2D eigenvalue weighted by Gasteiger charge is 2.23. The third-order valence-electron chi connectivity index (χ3n) is 5.36. The van der Waals surface area contributed by atoms with Gasteiger partial charge in [-0.2, -0.15) is 15.2 Å². The van der Waals surface area contributed by atoms with Crippen molar-refractivity contribution in [2.45, 2.75) is 19.4 Å². The Hall–Kier alpha value is -4.29. The van der Waals surface area contributed by atoms with E-state index in [1.54, 1.807) is 43.3 Å². The van der Waals surface area contributed by atoms with Crippen molar-refractivity contribution in [1.29, 1.82) is 5.26 Å². The number of hydrogen-bond donors (Lipinski definition) is 1. The molecule has 0 saturated carbocycles. The molecule has 1 aliphatic heterocycles. The summed E-state index contributed by atoms with van der Waals surface area (Å²) in [6, 6.07) is 11.4. The van der Waals surface area contributed by atoms with Crippen LogP contribution in [0.1, 0.15) is 24.9 Å². The van der Waals surface area contributed by atoms with Crippen molar-refractivity contribution in [3.63, 3.8) is 0 Å². The van der Waals surface area contributed by atoms with Gasteiger partial charge in [0.15, 0.2) is 0 Å². The summed E-state index contributed by atoms with van der Waals surface area (Å²) in [6.45, 7) is 1.78. The first-order valence-electron chi connectivity index (χ1n) is 10.3. The number of methoxy groups -OCH3 is 1. The van der Waals surface area contributed by atoms with Crippen molar-refractivity contribution in [2.24, 2.45) is 9.98 Å². The first-order chi connectivity index (χ1) is 16.3. The molecule has 0 radical (unpaired) electrons. The first-order valence-corrected chi connectivity index (χ1v) is 10.6. The van der Waals surface area contributed by atoms with Crippen LogP contribution in [-0.2, 0) is 4.79 Å². The average Bonchev–Trinajstić information content (AvgIpc) is 3.19. The smallest absolute Gasteiger partial charge is 0.368 e. The van der Waals surface area contributed by atoms with Crippen LogP contribution in [0.3, 0.4) is 0 Å². The van der Waals surface area contributed by atoms with Crippen LogP contribution in [-0.4, -0.2) is 23.6 Å². The zero-order chi connectivity index (χ0) is 24.4. The van der Waals surface area contributed by atoms with Crippen molar-refractivity contribution in [3.05, 3.63) is 80.3 Å². The number of fused-ring (bicyclic) bond motifs is 1. The van der Waals surface area contributed by atoms with Gasteiger partial charge in [-0.05, 0) is 42.8 Å². The molecule has 0 fully saturated rings.